The molecular weight excluding hydrogens is 479 g/mol. The molecule has 168 valence electrons. The average molecular weight is 511 g/mol. The van der Waals surface area contributed by atoms with Crippen LogP contribution in [-0.4, -0.2) is 32.8 Å². The third-order valence-electron chi connectivity index (χ3n) is 4.57. The summed E-state index contributed by atoms with van der Waals surface area (Å²) in [5.41, 5.74) is 4.14. The Kier molecular flexibility index (Phi) is 8.90. The van der Waals surface area contributed by atoms with E-state index < -0.39 is 20.3 Å². The van der Waals surface area contributed by atoms with Crippen LogP contribution in [0.4, 0.5) is 0 Å². The summed E-state index contributed by atoms with van der Waals surface area (Å²) in [6, 6.07) is 27.1. The fourth-order valence-electron chi connectivity index (χ4n) is 3.12. The second-order valence-corrected chi connectivity index (χ2v) is 14.9. The van der Waals surface area contributed by atoms with E-state index in [1.807, 2.05) is 45.0 Å². The van der Waals surface area contributed by atoms with Gasteiger partial charge in [-0.1, -0.05) is 0 Å². The summed E-state index contributed by atoms with van der Waals surface area (Å²) in [5, 5.41) is 1.48. The first-order valence-electron chi connectivity index (χ1n) is 10.8. The van der Waals surface area contributed by atoms with Crippen molar-refractivity contribution in [2.24, 2.45) is 0 Å². The van der Waals surface area contributed by atoms with Gasteiger partial charge in [0.25, 0.3) is 0 Å². The molecule has 0 aromatic heterocycles. The Morgan fingerprint density at radius 3 is 2.22 bits per heavy atom. The molecule has 3 rings (SSSR count). The zero-order chi connectivity index (χ0) is 23.0. The van der Waals surface area contributed by atoms with Crippen molar-refractivity contribution in [3.63, 3.8) is 0 Å². The standard InChI is InChI=1S/C27H31AsO3S/c1-27(2,3)31-26(29)20-28(4)17-18-30-24-16-15-22(21-11-7-5-8-12-21)19-25(24)32-23-13-9-6-10-14-23/h5-16,19H,17-18,20H2,1-4H3. The summed E-state index contributed by atoms with van der Waals surface area (Å²) in [4.78, 5) is 14.4. The van der Waals surface area contributed by atoms with Gasteiger partial charge < -0.3 is 0 Å². The number of benzene rings is 3. The average Bonchev–Trinajstić information content (AvgIpc) is 2.74. The molecule has 0 amide bonds. The molecular formula is C27H31AsO3S. The molecule has 32 heavy (non-hydrogen) atoms. The van der Waals surface area contributed by atoms with E-state index in [0.29, 0.717) is 11.8 Å². The van der Waals surface area contributed by atoms with Crippen molar-refractivity contribution < 1.29 is 14.3 Å². The molecule has 0 radical (unpaired) electrons. The number of carbonyl (C=O) groups excluding carboxylic acids is 1. The summed E-state index contributed by atoms with van der Waals surface area (Å²) in [6.45, 7) is 6.34. The van der Waals surface area contributed by atoms with E-state index in [9.17, 15) is 4.79 Å². The van der Waals surface area contributed by atoms with E-state index >= 15 is 0 Å². The molecule has 5 heteroatoms. The Labute approximate surface area is 200 Å². The van der Waals surface area contributed by atoms with Crippen LogP contribution in [0.2, 0.25) is 16.1 Å². The fourth-order valence-corrected chi connectivity index (χ4v) is 6.32. The molecule has 1 unspecified atom stereocenters. The van der Waals surface area contributed by atoms with E-state index in [-0.39, 0.29) is 5.97 Å². The zero-order valence-corrected chi connectivity index (χ0v) is 21.9. The summed E-state index contributed by atoms with van der Waals surface area (Å²) in [7, 11) is 0. The van der Waals surface area contributed by atoms with Gasteiger partial charge in [-0.2, -0.15) is 0 Å². The SMILES string of the molecule is C[As](CCOc1ccc(-c2ccccc2)cc1Sc1ccccc1)CC(=O)OC(C)(C)C. The number of hydrogen-bond donors (Lipinski definition) is 0. The van der Waals surface area contributed by atoms with E-state index in [1.165, 1.54) is 16.0 Å². The Morgan fingerprint density at radius 2 is 1.56 bits per heavy atom. The monoisotopic (exact) mass is 510 g/mol. The molecule has 0 aliphatic carbocycles. The molecule has 3 nitrogen and oxygen atoms in total. The van der Waals surface area contributed by atoms with E-state index in [1.54, 1.807) is 11.8 Å². The molecule has 0 aliphatic rings. The van der Waals surface area contributed by atoms with E-state index in [4.69, 9.17) is 9.47 Å². The minimum absolute atomic E-state index is 0.0902. The molecule has 0 spiro atoms. The normalized spacial score (nSPS) is 12.2. The molecule has 0 bridgehead atoms. The minimum atomic E-state index is -1.31. The van der Waals surface area contributed by atoms with Gasteiger partial charge in [0.05, 0.1) is 0 Å². The van der Waals surface area contributed by atoms with Gasteiger partial charge in [-0.25, -0.2) is 0 Å². The molecule has 0 saturated carbocycles. The van der Waals surface area contributed by atoms with Crippen LogP contribution in [0.1, 0.15) is 20.8 Å². The van der Waals surface area contributed by atoms with Gasteiger partial charge in [0.15, 0.2) is 0 Å². The Hall–Kier alpha value is -2.16. The Morgan fingerprint density at radius 1 is 0.906 bits per heavy atom. The predicted molar refractivity (Wildman–Crippen MR) is 135 cm³/mol. The van der Waals surface area contributed by atoms with Gasteiger partial charge in [0.2, 0.25) is 0 Å². The zero-order valence-electron chi connectivity index (χ0n) is 19.2. The number of carbonyl (C=O) groups is 1. The molecule has 3 aromatic carbocycles. The Bertz CT molecular complexity index is 1000. The number of esters is 1. The molecule has 0 saturated heterocycles. The molecule has 1 atom stereocenters. The number of ether oxygens (including phenoxy) is 2. The van der Waals surface area contributed by atoms with Crippen molar-refractivity contribution in [1.82, 2.24) is 0 Å². The van der Waals surface area contributed by atoms with Gasteiger partial charge in [0.1, 0.15) is 0 Å². The summed E-state index contributed by atoms with van der Waals surface area (Å²) < 4.78 is 11.7. The van der Waals surface area contributed by atoms with Crippen LogP contribution in [0.3, 0.4) is 0 Å². The van der Waals surface area contributed by atoms with Crippen LogP contribution >= 0.6 is 11.8 Å². The Balaban J connectivity index is 1.67. The van der Waals surface area contributed by atoms with Crippen molar-refractivity contribution in [3.05, 3.63) is 78.9 Å². The van der Waals surface area contributed by atoms with Crippen molar-refractivity contribution in [2.75, 3.05) is 6.61 Å². The van der Waals surface area contributed by atoms with Crippen LogP contribution in [-0.2, 0) is 9.53 Å². The molecule has 0 heterocycles. The molecule has 3 aromatic rings. The first kappa shape index (κ1) is 24.5. The molecule has 0 fully saturated rings. The van der Waals surface area contributed by atoms with Crippen molar-refractivity contribution >= 4 is 32.4 Å². The van der Waals surface area contributed by atoms with Crippen molar-refractivity contribution in [3.8, 4) is 16.9 Å². The molecule has 0 N–H and O–H groups in total. The first-order valence-corrected chi connectivity index (χ1v) is 16.1. The van der Waals surface area contributed by atoms with Crippen LogP contribution < -0.4 is 4.74 Å². The summed E-state index contributed by atoms with van der Waals surface area (Å²) in [5.74, 6) is 0.797. The maximum atomic E-state index is 12.1. The van der Waals surface area contributed by atoms with Crippen LogP contribution in [0.5, 0.6) is 5.75 Å². The van der Waals surface area contributed by atoms with Gasteiger partial charge in [-0.15, -0.1) is 0 Å². The summed E-state index contributed by atoms with van der Waals surface area (Å²) in [6.07, 6.45) is 0. The van der Waals surface area contributed by atoms with E-state index in [0.717, 1.165) is 15.9 Å². The van der Waals surface area contributed by atoms with Gasteiger partial charge in [-0.05, 0) is 0 Å². The van der Waals surface area contributed by atoms with E-state index in [2.05, 4.69) is 60.3 Å². The van der Waals surface area contributed by atoms with Crippen LogP contribution in [0, 0.1) is 0 Å². The third-order valence-corrected chi connectivity index (χ3v) is 9.28. The predicted octanol–water partition coefficient (Wildman–Crippen LogP) is 7.35. The summed E-state index contributed by atoms with van der Waals surface area (Å²) >= 11 is 0.400. The van der Waals surface area contributed by atoms with Crippen LogP contribution in [0.15, 0.2) is 88.7 Å². The number of hydrogen-bond acceptors (Lipinski definition) is 4. The quantitative estimate of drug-likeness (QED) is 0.223. The fraction of sp³-hybridized carbons (Fsp3) is 0.296. The maximum absolute atomic E-state index is 12.1. The van der Waals surface area contributed by atoms with Crippen molar-refractivity contribution in [1.29, 1.82) is 0 Å². The second kappa shape index (κ2) is 11.6. The third kappa shape index (κ3) is 8.07. The first-order chi connectivity index (χ1) is 15.3. The van der Waals surface area contributed by atoms with Gasteiger partial charge in [0, 0.05) is 0 Å². The van der Waals surface area contributed by atoms with Gasteiger partial charge in [-0.3, -0.25) is 0 Å². The van der Waals surface area contributed by atoms with Crippen molar-refractivity contribution in [2.45, 2.75) is 52.3 Å². The topological polar surface area (TPSA) is 35.5 Å². The van der Waals surface area contributed by atoms with Crippen LogP contribution in [0.25, 0.3) is 11.1 Å². The second-order valence-electron chi connectivity index (χ2n) is 8.62. The van der Waals surface area contributed by atoms with Gasteiger partial charge >= 0.3 is 201 Å². The molecule has 0 aliphatic heterocycles. The number of rotatable bonds is 9.